The van der Waals surface area contributed by atoms with Crippen LogP contribution in [0, 0.1) is 0 Å². The molecule has 2 rings (SSSR count). The number of hydrogen-bond acceptors (Lipinski definition) is 1. The number of fused-ring (bicyclic) bond motifs is 1. The van der Waals surface area contributed by atoms with Crippen molar-refractivity contribution in [2.45, 2.75) is 32.6 Å². The van der Waals surface area contributed by atoms with E-state index in [0.29, 0.717) is 6.42 Å². The Morgan fingerprint density at radius 1 is 1.12 bits per heavy atom. The third-order valence-electron chi connectivity index (χ3n) is 3.19. The Kier molecular flexibility index (Phi) is 3.92. The molecule has 0 N–H and O–H groups in total. The number of unbranched alkanes of at least 4 members (excludes halogenated alkanes) is 1. The first-order chi connectivity index (χ1) is 8.36. The van der Waals surface area contributed by atoms with E-state index < -0.39 is 0 Å². The molecule has 0 saturated carbocycles. The second-order valence-electron chi connectivity index (χ2n) is 4.35. The first-order valence-electron chi connectivity index (χ1n) is 6.21. The van der Waals surface area contributed by atoms with E-state index in [1.807, 2.05) is 18.4 Å². The Morgan fingerprint density at radius 2 is 1.94 bits per heavy atom. The molecule has 1 radical (unpaired) electrons. The molecule has 0 fully saturated rings. The molecule has 0 aliphatic rings. The van der Waals surface area contributed by atoms with E-state index in [-0.39, 0.29) is 0 Å². The van der Waals surface area contributed by atoms with Gasteiger partial charge in [0.25, 0.3) is 0 Å². The lowest BCUT2D eigenvalue weighted by molar-refractivity contribution is 0.555. The molecule has 0 bridgehead atoms. The van der Waals surface area contributed by atoms with Crippen molar-refractivity contribution < 1.29 is 4.79 Å². The Hall–Kier alpha value is -1.63. The summed E-state index contributed by atoms with van der Waals surface area (Å²) in [5, 5.41) is 2.41. The van der Waals surface area contributed by atoms with Crippen LogP contribution < -0.4 is 0 Å². The monoisotopic (exact) mass is 225 g/mol. The summed E-state index contributed by atoms with van der Waals surface area (Å²) in [6.07, 6.45) is 5.85. The van der Waals surface area contributed by atoms with E-state index in [1.165, 1.54) is 29.2 Å². The van der Waals surface area contributed by atoms with Gasteiger partial charge in [0.1, 0.15) is 0 Å². The topological polar surface area (TPSA) is 17.1 Å². The van der Waals surface area contributed by atoms with Gasteiger partial charge in [-0.05, 0) is 34.7 Å². The summed E-state index contributed by atoms with van der Waals surface area (Å²) in [7, 11) is 0. The molecule has 0 saturated heterocycles. The summed E-state index contributed by atoms with van der Waals surface area (Å²) >= 11 is 0. The highest BCUT2D eigenvalue weighted by molar-refractivity contribution is 5.88. The average molecular weight is 225 g/mol. The van der Waals surface area contributed by atoms with Gasteiger partial charge in [0.05, 0.1) is 0 Å². The molecule has 0 atom stereocenters. The van der Waals surface area contributed by atoms with E-state index in [9.17, 15) is 4.79 Å². The largest absolute Gasteiger partial charge is 0.291 e. The first kappa shape index (κ1) is 11.8. The summed E-state index contributed by atoms with van der Waals surface area (Å²) in [6, 6.07) is 12.5. The molecule has 2 aromatic carbocycles. The van der Waals surface area contributed by atoms with E-state index in [0.717, 1.165) is 12.0 Å². The van der Waals surface area contributed by atoms with Gasteiger partial charge in [-0.3, -0.25) is 4.79 Å². The van der Waals surface area contributed by atoms with Crippen molar-refractivity contribution in [2.24, 2.45) is 0 Å². The van der Waals surface area contributed by atoms with Gasteiger partial charge in [-0.1, -0.05) is 49.7 Å². The number of rotatable bonds is 5. The van der Waals surface area contributed by atoms with Crippen LogP contribution in [0.2, 0.25) is 0 Å². The van der Waals surface area contributed by atoms with Gasteiger partial charge in [-0.2, -0.15) is 0 Å². The van der Waals surface area contributed by atoms with Gasteiger partial charge in [0.2, 0.25) is 6.29 Å². The average Bonchev–Trinajstić information content (AvgIpc) is 2.38. The van der Waals surface area contributed by atoms with Crippen molar-refractivity contribution >= 4 is 17.1 Å². The van der Waals surface area contributed by atoms with Crippen molar-refractivity contribution in [2.75, 3.05) is 0 Å². The lowest BCUT2D eigenvalue weighted by Crippen LogP contribution is -1.97. The third-order valence-corrected chi connectivity index (χ3v) is 3.19. The molecule has 2 aromatic rings. The van der Waals surface area contributed by atoms with Gasteiger partial charge < -0.3 is 0 Å². The molecule has 0 spiro atoms. The van der Waals surface area contributed by atoms with E-state index in [2.05, 4.69) is 31.2 Å². The summed E-state index contributed by atoms with van der Waals surface area (Å²) in [5.41, 5.74) is 2.46. The molecule has 1 heteroatoms. The van der Waals surface area contributed by atoms with Gasteiger partial charge in [0, 0.05) is 6.42 Å². The molecule has 0 aliphatic heterocycles. The fraction of sp³-hybridized carbons (Fsp3) is 0.312. The highest BCUT2D eigenvalue weighted by atomic mass is 16.1. The maximum atomic E-state index is 10.7. The summed E-state index contributed by atoms with van der Waals surface area (Å²) < 4.78 is 0. The van der Waals surface area contributed by atoms with Gasteiger partial charge in [-0.15, -0.1) is 0 Å². The van der Waals surface area contributed by atoms with Crippen molar-refractivity contribution in [1.82, 2.24) is 0 Å². The minimum absolute atomic E-state index is 0.403. The molecule has 0 aromatic heterocycles. The van der Waals surface area contributed by atoms with Crippen molar-refractivity contribution in [3.8, 4) is 0 Å². The van der Waals surface area contributed by atoms with Crippen LogP contribution in [0.3, 0.4) is 0 Å². The van der Waals surface area contributed by atoms with Crippen molar-refractivity contribution in [1.29, 1.82) is 0 Å². The lowest BCUT2D eigenvalue weighted by Gasteiger charge is -2.10. The number of aryl methyl sites for hydroxylation is 1. The minimum atomic E-state index is 0.403. The van der Waals surface area contributed by atoms with Gasteiger partial charge >= 0.3 is 0 Å². The van der Waals surface area contributed by atoms with Crippen molar-refractivity contribution in [3.05, 3.63) is 47.5 Å². The molecule has 17 heavy (non-hydrogen) atoms. The minimum Gasteiger partial charge on any atom is -0.291 e. The molecule has 0 heterocycles. The lowest BCUT2D eigenvalue weighted by atomic mass is 9.94. The zero-order valence-electron chi connectivity index (χ0n) is 10.2. The Balaban J connectivity index is 2.51. The van der Waals surface area contributed by atoms with Crippen LogP contribution in [0.1, 0.15) is 30.9 Å². The van der Waals surface area contributed by atoms with Gasteiger partial charge in [-0.25, -0.2) is 0 Å². The number of benzene rings is 2. The molecule has 0 aliphatic carbocycles. The third kappa shape index (κ3) is 2.55. The highest BCUT2D eigenvalue weighted by Crippen LogP contribution is 2.24. The van der Waals surface area contributed by atoms with Crippen LogP contribution in [0.15, 0.2) is 36.4 Å². The molecule has 0 unspecified atom stereocenters. The van der Waals surface area contributed by atoms with Crippen LogP contribution in [0.5, 0.6) is 0 Å². The van der Waals surface area contributed by atoms with Crippen LogP contribution in [0.25, 0.3) is 10.8 Å². The maximum Gasteiger partial charge on any atom is 0.203 e. The van der Waals surface area contributed by atoms with Gasteiger partial charge in [0.15, 0.2) is 0 Å². The molecular weight excluding hydrogens is 208 g/mol. The smallest absolute Gasteiger partial charge is 0.203 e. The molecule has 87 valence electrons. The SMILES string of the molecule is CCCCc1ccc2ccccc2c1C[C]=O. The molecule has 1 nitrogen and oxygen atoms in total. The maximum absolute atomic E-state index is 10.7. The standard InChI is InChI=1S/C16H17O/c1-2-3-6-13-9-10-14-7-4-5-8-15(14)16(13)11-12-17/h4-5,7-10H,2-3,6,11H2,1H3. The summed E-state index contributed by atoms with van der Waals surface area (Å²) in [6.45, 7) is 2.19. The van der Waals surface area contributed by atoms with Crippen LogP contribution >= 0.6 is 0 Å². The number of carbonyl (C=O) groups excluding carboxylic acids is 1. The molecule has 0 amide bonds. The Labute approximate surface area is 102 Å². The predicted molar refractivity (Wildman–Crippen MR) is 72.0 cm³/mol. The van der Waals surface area contributed by atoms with E-state index in [4.69, 9.17) is 0 Å². The highest BCUT2D eigenvalue weighted by Gasteiger charge is 2.06. The van der Waals surface area contributed by atoms with Crippen LogP contribution in [0.4, 0.5) is 0 Å². The molecular formula is C16H17O. The first-order valence-corrected chi connectivity index (χ1v) is 6.21. The number of hydrogen-bond donors (Lipinski definition) is 0. The predicted octanol–water partition coefficient (Wildman–Crippen LogP) is 3.83. The second kappa shape index (κ2) is 5.62. The zero-order chi connectivity index (χ0) is 12.1. The fourth-order valence-corrected chi connectivity index (χ4v) is 2.26. The van der Waals surface area contributed by atoms with E-state index >= 15 is 0 Å². The van der Waals surface area contributed by atoms with Crippen LogP contribution in [-0.2, 0) is 17.6 Å². The van der Waals surface area contributed by atoms with Crippen molar-refractivity contribution in [3.63, 3.8) is 0 Å². The van der Waals surface area contributed by atoms with E-state index in [1.54, 1.807) is 0 Å². The van der Waals surface area contributed by atoms with Crippen LogP contribution in [-0.4, -0.2) is 6.29 Å². The fourth-order valence-electron chi connectivity index (χ4n) is 2.26. The second-order valence-corrected chi connectivity index (χ2v) is 4.35. The Morgan fingerprint density at radius 3 is 2.71 bits per heavy atom. The summed E-state index contributed by atoms with van der Waals surface area (Å²) in [5.74, 6) is 0. The normalized spacial score (nSPS) is 10.6. The Bertz CT molecular complexity index is 514. The zero-order valence-corrected chi connectivity index (χ0v) is 10.2. The quantitative estimate of drug-likeness (QED) is 0.755. The summed E-state index contributed by atoms with van der Waals surface area (Å²) in [4.78, 5) is 10.7.